The van der Waals surface area contributed by atoms with Crippen molar-refractivity contribution in [1.82, 2.24) is 9.71 Å². The summed E-state index contributed by atoms with van der Waals surface area (Å²) in [4.78, 5) is 4.07. The number of aliphatic hydroxyl groups is 1. The summed E-state index contributed by atoms with van der Waals surface area (Å²) in [5, 5.41) is 10.8. The van der Waals surface area contributed by atoms with Crippen molar-refractivity contribution in [1.29, 1.82) is 0 Å². The van der Waals surface area contributed by atoms with Crippen molar-refractivity contribution in [2.24, 2.45) is 5.92 Å². The SMILES string of the molecule is COCCC(C)CCS(=O)(=O)NC1CCC(O)(c2cccnc2)CC1. The highest BCUT2D eigenvalue weighted by molar-refractivity contribution is 7.89. The van der Waals surface area contributed by atoms with E-state index in [1.54, 1.807) is 19.5 Å². The fourth-order valence-corrected chi connectivity index (χ4v) is 4.85. The quantitative estimate of drug-likeness (QED) is 0.696. The highest BCUT2D eigenvalue weighted by Crippen LogP contribution is 2.36. The number of nitrogens with one attached hydrogen (secondary N) is 1. The van der Waals surface area contributed by atoms with Crippen molar-refractivity contribution in [3.8, 4) is 0 Å². The normalized spacial score (nSPS) is 25.6. The molecule has 0 saturated heterocycles. The minimum atomic E-state index is -3.29. The first-order valence-electron chi connectivity index (χ1n) is 8.96. The zero-order valence-corrected chi connectivity index (χ0v) is 16.0. The molecule has 1 aliphatic rings. The Morgan fingerprint density at radius 3 is 2.72 bits per heavy atom. The number of pyridine rings is 1. The van der Waals surface area contributed by atoms with Crippen molar-refractivity contribution in [2.75, 3.05) is 19.5 Å². The molecule has 25 heavy (non-hydrogen) atoms. The van der Waals surface area contributed by atoms with Gasteiger partial charge in [-0.15, -0.1) is 0 Å². The molecule has 1 fully saturated rings. The van der Waals surface area contributed by atoms with Crippen molar-refractivity contribution in [2.45, 2.75) is 57.1 Å². The van der Waals surface area contributed by atoms with Crippen LogP contribution >= 0.6 is 0 Å². The number of rotatable bonds is 9. The molecule has 1 unspecified atom stereocenters. The number of ether oxygens (including phenoxy) is 1. The maximum Gasteiger partial charge on any atom is 0.211 e. The summed E-state index contributed by atoms with van der Waals surface area (Å²) < 4.78 is 32.4. The molecule has 0 bridgehead atoms. The Kier molecular flexibility index (Phi) is 7.37. The summed E-state index contributed by atoms with van der Waals surface area (Å²) in [5.41, 5.74) is -0.0894. The molecule has 0 aliphatic heterocycles. The van der Waals surface area contributed by atoms with Crippen molar-refractivity contribution >= 4 is 10.0 Å². The van der Waals surface area contributed by atoms with Crippen LogP contribution in [0.3, 0.4) is 0 Å². The second-order valence-corrected chi connectivity index (χ2v) is 9.03. The van der Waals surface area contributed by atoms with Gasteiger partial charge in [0.25, 0.3) is 0 Å². The third-order valence-electron chi connectivity index (χ3n) is 5.05. The smallest absolute Gasteiger partial charge is 0.211 e. The van der Waals surface area contributed by atoms with Crippen LogP contribution in [0.5, 0.6) is 0 Å². The molecular formula is C18H30N2O4S. The Labute approximate surface area is 151 Å². The number of hydrogen-bond acceptors (Lipinski definition) is 5. The molecule has 0 radical (unpaired) electrons. The predicted octanol–water partition coefficient (Wildman–Crippen LogP) is 2.19. The maximum atomic E-state index is 12.3. The highest BCUT2D eigenvalue weighted by atomic mass is 32.2. The van der Waals surface area contributed by atoms with Crippen molar-refractivity contribution < 1.29 is 18.3 Å². The lowest BCUT2D eigenvalue weighted by molar-refractivity contribution is -0.00666. The van der Waals surface area contributed by atoms with E-state index in [0.29, 0.717) is 44.6 Å². The summed E-state index contributed by atoms with van der Waals surface area (Å²) in [6.45, 7) is 2.70. The number of methoxy groups -OCH3 is 1. The summed E-state index contributed by atoms with van der Waals surface area (Å²) in [5.74, 6) is 0.458. The lowest BCUT2D eigenvalue weighted by atomic mass is 9.78. The van der Waals surface area contributed by atoms with Gasteiger partial charge < -0.3 is 9.84 Å². The van der Waals surface area contributed by atoms with Gasteiger partial charge >= 0.3 is 0 Å². The molecule has 2 N–H and O–H groups in total. The summed E-state index contributed by atoms with van der Waals surface area (Å²) >= 11 is 0. The standard InChI is InChI=1S/C18H30N2O4S/c1-15(7-12-24-2)8-13-25(22,23)20-17-5-9-18(21,10-6-17)16-4-3-11-19-14-16/h3-4,11,14-15,17,20-21H,5-10,12-13H2,1-2H3. The van der Waals surface area contributed by atoms with E-state index in [4.69, 9.17) is 4.74 Å². The third kappa shape index (κ3) is 6.33. The minimum absolute atomic E-state index is 0.101. The van der Waals surface area contributed by atoms with E-state index in [-0.39, 0.29) is 11.8 Å². The largest absolute Gasteiger partial charge is 0.385 e. The summed E-state index contributed by atoms with van der Waals surface area (Å²) in [6.07, 6.45) is 7.20. The van der Waals surface area contributed by atoms with Crippen molar-refractivity contribution in [3.05, 3.63) is 30.1 Å². The van der Waals surface area contributed by atoms with Crippen LogP contribution in [0.4, 0.5) is 0 Å². The molecule has 1 atom stereocenters. The lowest BCUT2D eigenvalue weighted by Gasteiger charge is -2.36. The number of aromatic nitrogens is 1. The van der Waals surface area contributed by atoms with E-state index in [2.05, 4.69) is 9.71 Å². The van der Waals surface area contributed by atoms with Crippen LogP contribution < -0.4 is 4.72 Å². The van der Waals surface area contributed by atoms with E-state index in [1.165, 1.54) is 0 Å². The fraction of sp³-hybridized carbons (Fsp3) is 0.722. The van der Waals surface area contributed by atoms with Gasteiger partial charge in [0, 0.05) is 37.7 Å². The molecule has 2 rings (SSSR count). The molecular weight excluding hydrogens is 340 g/mol. The Bertz CT molecular complexity index is 613. The minimum Gasteiger partial charge on any atom is -0.385 e. The Morgan fingerprint density at radius 2 is 2.12 bits per heavy atom. The number of sulfonamides is 1. The third-order valence-corrected chi connectivity index (χ3v) is 6.52. The molecule has 142 valence electrons. The molecule has 1 saturated carbocycles. The first-order valence-corrected chi connectivity index (χ1v) is 10.6. The van der Waals surface area contributed by atoms with Gasteiger partial charge in [-0.2, -0.15) is 0 Å². The van der Waals surface area contributed by atoms with E-state index < -0.39 is 15.6 Å². The predicted molar refractivity (Wildman–Crippen MR) is 97.6 cm³/mol. The zero-order valence-electron chi connectivity index (χ0n) is 15.1. The molecule has 0 spiro atoms. The van der Waals surface area contributed by atoms with Crippen LogP contribution in [0.15, 0.2) is 24.5 Å². The van der Waals surface area contributed by atoms with Crippen LogP contribution in [-0.2, 0) is 20.4 Å². The molecule has 7 heteroatoms. The molecule has 1 aromatic rings. The topological polar surface area (TPSA) is 88.5 Å². The fourth-order valence-electron chi connectivity index (χ4n) is 3.27. The maximum absolute atomic E-state index is 12.3. The van der Waals surface area contributed by atoms with Gasteiger partial charge in [0.05, 0.1) is 11.4 Å². The number of nitrogens with zero attached hydrogens (tertiary/aromatic N) is 1. The van der Waals surface area contributed by atoms with Crippen LogP contribution in [-0.4, -0.2) is 44.0 Å². The molecule has 0 aromatic carbocycles. The summed E-state index contributed by atoms with van der Waals surface area (Å²) in [6, 6.07) is 3.59. The van der Waals surface area contributed by atoms with Crippen LogP contribution in [0, 0.1) is 5.92 Å². The van der Waals surface area contributed by atoms with Gasteiger partial charge in [0.1, 0.15) is 0 Å². The second kappa shape index (κ2) is 9.07. The highest BCUT2D eigenvalue weighted by Gasteiger charge is 2.36. The van der Waals surface area contributed by atoms with Gasteiger partial charge in [-0.25, -0.2) is 13.1 Å². The van der Waals surface area contributed by atoms with Gasteiger partial charge in [-0.3, -0.25) is 4.98 Å². The Morgan fingerprint density at radius 1 is 1.40 bits per heavy atom. The van der Waals surface area contributed by atoms with Crippen LogP contribution in [0.2, 0.25) is 0 Å². The molecule has 0 amide bonds. The first kappa shape index (κ1) is 20.3. The molecule has 1 aromatic heterocycles. The summed E-state index contributed by atoms with van der Waals surface area (Å²) in [7, 11) is -1.63. The van der Waals surface area contributed by atoms with Gasteiger partial charge in [0.15, 0.2) is 0 Å². The molecule has 1 heterocycles. The van der Waals surface area contributed by atoms with E-state index in [9.17, 15) is 13.5 Å². The molecule has 1 aliphatic carbocycles. The van der Waals surface area contributed by atoms with Crippen LogP contribution in [0.1, 0.15) is 51.0 Å². The van der Waals surface area contributed by atoms with Crippen LogP contribution in [0.25, 0.3) is 0 Å². The zero-order chi connectivity index (χ0) is 18.3. The first-order chi connectivity index (χ1) is 11.8. The number of hydrogen-bond donors (Lipinski definition) is 2. The average Bonchev–Trinajstić information content (AvgIpc) is 2.61. The second-order valence-electron chi connectivity index (χ2n) is 7.16. The lowest BCUT2D eigenvalue weighted by Crippen LogP contribution is -2.43. The Hall–Kier alpha value is -1.02. The van der Waals surface area contributed by atoms with E-state index in [0.717, 1.165) is 12.0 Å². The van der Waals surface area contributed by atoms with Crippen molar-refractivity contribution in [3.63, 3.8) is 0 Å². The Balaban J connectivity index is 1.80. The monoisotopic (exact) mass is 370 g/mol. The average molecular weight is 371 g/mol. The van der Waals surface area contributed by atoms with Gasteiger partial charge in [-0.1, -0.05) is 13.0 Å². The van der Waals surface area contributed by atoms with E-state index in [1.807, 2.05) is 19.1 Å². The van der Waals surface area contributed by atoms with Gasteiger partial charge in [0.2, 0.25) is 10.0 Å². The van der Waals surface area contributed by atoms with Gasteiger partial charge in [-0.05, 0) is 50.5 Å². The molecule has 6 nitrogen and oxygen atoms in total. The van der Waals surface area contributed by atoms with E-state index >= 15 is 0 Å².